The summed E-state index contributed by atoms with van der Waals surface area (Å²) in [6.45, 7) is 2.32. The number of hydrogen-bond donors (Lipinski definition) is 3. The van der Waals surface area contributed by atoms with Crippen molar-refractivity contribution in [2.24, 2.45) is 0 Å². The maximum absolute atomic E-state index is 9.42. The Balaban J connectivity index is 2.40. The summed E-state index contributed by atoms with van der Waals surface area (Å²) in [6.07, 6.45) is -3.22. The van der Waals surface area contributed by atoms with Gasteiger partial charge in [0.05, 0.1) is 13.2 Å². The summed E-state index contributed by atoms with van der Waals surface area (Å²) in [4.78, 5) is 0. The highest BCUT2D eigenvalue weighted by molar-refractivity contribution is 4.90. The Morgan fingerprint density at radius 2 is 1.85 bits per heavy atom. The smallest absolute Gasteiger partial charge is 0.111 e. The number of aliphatic hydroxyl groups excluding tert-OH is 3. The Labute approximate surface area is 76.9 Å². The first-order chi connectivity index (χ1) is 6.20. The van der Waals surface area contributed by atoms with E-state index >= 15 is 0 Å². The third-order valence-electron chi connectivity index (χ3n) is 2.13. The van der Waals surface area contributed by atoms with Crippen molar-refractivity contribution in [2.75, 3.05) is 19.8 Å². The van der Waals surface area contributed by atoms with Gasteiger partial charge in [0.25, 0.3) is 0 Å². The summed E-state index contributed by atoms with van der Waals surface area (Å²) in [7, 11) is 0. The Morgan fingerprint density at radius 1 is 1.23 bits per heavy atom. The Bertz CT molecular complexity index is 151. The minimum Gasteiger partial charge on any atom is -0.394 e. The van der Waals surface area contributed by atoms with Gasteiger partial charge in [0, 0.05) is 6.61 Å². The van der Waals surface area contributed by atoms with Gasteiger partial charge in [-0.15, -0.1) is 0 Å². The lowest BCUT2D eigenvalue weighted by Crippen LogP contribution is -2.35. The van der Waals surface area contributed by atoms with Crippen LogP contribution in [0.3, 0.4) is 0 Å². The van der Waals surface area contributed by atoms with Gasteiger partial charge in [0.2, 0.25) is 0 Å². The van der Waals surface area contributed by atoms with Crippen LogP contribution in [0.15, 0.2) is 0 Å². The molecule has 5 heteroatoms. The predicted molar refractivity (Wildman–Crippen MR) is 44.3 cm³/mol. The van der Waals surface area contributed by atoms with Gasteiger partial charge in [-0.05, 0) is 6.92 Å². The molecule has 0 aliphatic carbocycles. The lowest BCUT2D eigenvalue weighted by molar-refractivity contribution is -0.0539. The zero-order valence-corrected chi connectivity index (χ0v) is 7.59. The molecular formula is C8H16O5. The molecule has 0 amide bonds. The molecule has 78 valence electrons. The van der Waals surface area contributed by atoms with E-state index in [4.69, 9.17) is 14.6 Å². The normalized spacial score (nSPS) is 39.7. The highest BCUT2D eigenvalue weighted by atomic mass is 16.6. The summed E-state index contributed by atoms with van der Waals surface area (Å²) in [5.41, 5.74) is 0. The molecule has 13 heavy (non-hydrogen) atoms. The maximum Gasteiger partial charge on any atom is 0.111 e. The maximum atomic E-state index is 9.42. The predicted octanol–water partition coefficient (Wildman–Crippen LogP) is -1.50. The molecule has 0 saturated carbocycles. The third-order valence-corrected chi connectivity index (χ3v) is 2.13. The van der Waals surface area contributed by atoms with Crippen molar-refractivity contribution >= 4 is 0 Å². The summed E-state index contributed by atoms with van der Waals surface area (Å²) < 4.78 is 10.2. The molecule has 1 unspecified atom stereocenters. The van der Waals surface area contributed by atoms with Crippen LogP contribution in [0.1, 0.15) is 6.92 Å². The summed E-state index contributed by atoms with van der Waals surface area (Å²) >= 11 is 0. The first kappa shape index (κ1) is 10.9. The molecule has 1 fully saturated rings. The second kappa shape index (κ2) is 4.88. The van der Waals surface area contributed by atoms with Crippen LogP contribution in [-0.2, 0) is 9.47 Å². The lowest BCUT2D eigenvalue weighted by Gasteiger charge is -2.13. The van der Waals surface area contributed by atoms with E-state index in [9.17, 15) is 10.2 Å². The first-order valence-electron chi connectivity index (χ1n) is 4.40. The van der Waals surface area contributed by atoms with E-state index in [-0.39, 0.29) is 13.2 Å². The van der Waals surface area contributed by atoms with Gasteiger partial charge in [-0.25, -0.2) is 0 Å². The van der Waals surface area contributed by atoms with Crippen molar-refractivity contribution < 1.29 is 24.8 Å². The van der Waals surface area contributed by atoms with Crippen LogP contribution in [0.5, 0.6) is 0 Å². The van der Waals surface area contributed by atoms with Crippen LogP contribution in [0.25, 0.3) is 0 Å². The molecule has 4 atom stereocenters. The monoisotopic (exact) mass is 192 g/mol. The number of rotatable bonds is 4. The minimum atomic E-state index is -1.02. The van der Waals surface area contributed by atoms with Crippen molar-refractivity contribution in [3.63, 3.8) is 0 Å². The minimum absolute atomic E-state index is 0.241. The summed E-state index contributed by atoms with van der Waals surface area (Å²) in [5, 5.41) is 27.5. The fourth-order valence-corrected chi connectivity index (χ4v) is 1.35. The average Bonchev–Trinajstić information content (AvgIpc) is 2.41. The highest BCUT2D eigenvalue weighted by Gasteiger charge is 2.42. The van der Waals surface area contributed by atoms with E-state index in [1.807, 2.05) is 6.92 Å². The fraction of sp³-hybridized carbons (Fsp3) is 1.00. The molecule has 0 aromatic carbocycles. The zero-order chi connectivity index (χ0) is 9.84. The van der Waals surface area contributed by atoms with Crippen molar-refractivity contribution in [3.05, 3.63) is 0 Å². The molecule has 1 heterocycles. The van der Waals surface area contributed by atoms with E-state index in [0.717, 1.165) is 0 Å². The van der Waals surface area contributed by atoms with Gasteiger partial charge in [-0.1, -0.05) is 0 Å². The standard InChI is InChI=1S/C8H16O5/c1-2-12-4-6-8(11)7(10)5(3-9)13-6/h5-11H,2-4H2,1H3/t5-,6?,7-,8+/m1/s1. The van der Waals surface area contributed by atoms with Gasteiger partial charge in [0.1, 0.15) is 24.4 Å². The lowest BCUT2D eigenvalue weighted by atomic mass is 10.1. The quantitative estimate of drug-likeness (QED) is 0.505. The van der Waals surface area contributed by atoms with Gasteiger partial charge in [-0.3, -0.25) is 0 Å². The molecule has 0 aromatic heterocycles. The number of hydrogen-bond acceptors (Lipinski definition) is 5. The fourth-order valence-electron chi connectivity index (χ4n) is 1.35. The first-order valence-corrected chi connectivity index (χ1v) is 4.40. The molecule has 0 aromatic rings. The van der Waals surface area contributed by atoms with Crippen LogP contribution in [0.2, 0.25) is 0 Å². The summed E-state index contributed by atoms with van der Waals surface area (Å²) in [5.74, 6) is 0. The van der Waals surface area contributed by atoms with Gasteiger partial charge >= 0.3 is 0 Å². The van der Waals surface area contributed by atoms with Gasteiger partial charge in [0.15, 0.2) is 0 Å². The van der Waals surface area contributed by atoms with Crippen molar-refractivity contribution in [1.29, 1.82) is 0 Å². The second-order valence-corrected chi connectivity index (χ2v) is 3.04. The van der Waals surface area contributed by atoms with E-state index in [1.165, 1.54) is 0 Å². The van der Waals surface area contributed by atoms with E-state index < -0.39 is 24.4 Å². The van der Waals surface area contributed by atoms with E-state index in [1.54, 1.807) is 0 Å². The molecule has 1 rings (SSSR count). The van der Waals surface area contributed by atoms with Crippen LogP contribution < -0.4 is 0 Å². The van der Waals surface area contributed by atoms with Crippen LogP contribution in [0, 0.1) is 0 Å². The molecule has 0 radical (unpaired) electrons. The number of ether oxygens (including phenoxy) is 2. The molecule has 1 saturated heterocycles. The molecular weight excluding hydrogens is 176 g/mol. The van der Waals surface area contributed by atoms with Gasteiger partial charge < -0.3 is 24.8 Å². The average molecular weight is 192 g/mol. The molecule has 1 aliphatic rings. The molecule has 0 spiro atoms. The topological polar surface area (TPSA) is 79.2 Å². The van der Waals surface area contributed by atoms with Crippen LogP contribution in [-0.4, -0.2) is 59.6 Å². The highest BCUT2D eigenvalue weighted by Crippen LogP contribution is 2.21. The Hall–Kier alpha value is -0.200. The Morgan fingerprint density at radius 3 is 2.31 bits per heavy atom. The van der Waals surface area contributed by atoms with Crippen molar-refractivity contribution in [2.45, 2.75) is 31.3 Å². The van der Waals surface area contributed by atoms with Gasteiger partial charge in [-0.2, -0.15) is 0 Å². The largest absolute Gasteiger partial charge is 0.394 e. The molecule has 1 aliphatic heterocycles. The van der Waals surface area contributed by atoms with Crippen LogP contribution in [0.4, 0.5) is 0 Å². The van der Waals surface area contributed by atoms with Crippen molar-refractivity contribution in [3.8, 4) is 0 Å². The Kier molecular flexibility index (Phi) is 4.08. The third kappa shape index (κ3) is 2.38. The molecule has 0 bridgehead atoms. The van der Waals surface area contributed by atoms with E-state index in [2.05, 4.69) is 0 Å². The van der Waals surface area contributed by atoms with Crippen LogP contribution >= 0.6 is 0 Å². The van der Waals surface area contributed by atoms with E-state index in [0.29, 0.717) is 6.61 Å². The second-order valence-electron chi connectivity index (χ2n) is 3.04. The van der Waals surface area contributed by atoms with Crippen molar-refractivity contribution in [1.82, 2.24) is 0 Å². The SMILES string of the molecule is CCOCC1O[C@H](CO)[C@@H](O)[C@H]1O. The molecule has 3 N–H and O–H groups in total. The number of aliphatic hydroxyl groups is 3. The molecule has 5 nitrogen and oxygen atoms in total. The summed E-state index contributed by atoms with van der Waals surface area (Å²) in [6, 6.07) is 0. The zero-order valence-electron chi connectivity index (χ0n) is 7.59.